The van der Waals surface area contributed by atoms with Gasteiger partial charge in [-0.1, -0.05) is 55.0 Å². The van der Waals surface area contributed by atoms with Crippen LogP contribution in [0.1, 0.15) is 36.3 Å². The fourth-order valence-corrected chi connectivity index (χ4v) is 5.45. The van der Waals surface area contributed by atoms with Gasteiger partial charge < -0.3 is 24.8 Å². The topological polar surface area (TPSA) is 105 Å². The fourth-order valence-electron chi connectivity index (χ4n) is 5.45. The Morgan fingerprint density at radius 1 is 1.03 bits per heavy atom. The van der Waals surface area contributed by atoms with Crippen LogP contribution in [0.2, 0.25) is 0 Å². The molecule has 0 spiro atoms. The summed E-state index contributed by atoms with van der Waals surface area (Å²) in [5.41, 5.74) is 4.62. The summed E-state index contributed by atoms with van der Waals surface area (Å²) in [7, 11) is 0. The van der Waals surface area contributed by atoms with Crippen LogP contribution in [0, 0.1) is 5.92 Å². The van der Waals surface area contributed by atoms with Crippen LogP contribution < -0.4 is 5.32 Å². The third kappa shape index (κ3) is 4.25. The number of benzene rings is 2. The van der Waals surface area contributed by atoms with Gasteiger partial charge in [0.15, 0.2) is 6.10 Å². The SMILES string of the molecule is O=C(N[C@H]1CCC[C@H]1C(=O)N1CCOC(C(=O)O)C1)OCC1c2ccccc2-c2ccccc21. The number of carboxylic acids is 1. The molecule has 0 radical (unpaired) electrons. The maximum absolute atomic E-state index is 13.1. The number of carbonyl (C=O) groups excluding carboxylic acids is 2. The molecule has 2 amide bonds. The monoisotopic (exact) mass is 464 g/mol. The van der Waals surface area contributed by atoms with E-state index in [0.717, 1.165) is 17.5 Å². The molecule has 2 aromatic rings. The lowest BCUT2D eigenvalue weighted by molar-refractivity contribution is -0.160. The smallest absolute Gasteiger partial charge is 0.407 e. The lowest BCUT2D eigenvalue weighted by Crippen LogP contribution is -2.52. The van der Waals surface area contributed by atoms with Gasteiger partial charge in [-0.15, -0.1) is 0 Å². The Kier molecular flexibility index (Phi) is 6.24. The van der Waals surface area contributed by atoms with Gasteiger partial charge in [0.05, 0.1) is 19.1 Å². The molecule has 34 heavy (non-hydrogen) atoms. The summed E-state index contributed by atoms with van der Waals surface area (Å²) < 4.78 is 10.9. The van der Waals surface area contributed by atoms with E-state index in [0.29, 0.717) is 19.4 Å². The minimum atomic E-state index is -1.07. The molecule has 178 valence electrons. The molecule has 1 heterocycles. The fraction of sp³-hybridized carbons (Fsp3) is 0.423. The first-order chi connectivity index (χ1) is 16.5. The van der Waals surface area contributed by atoms with Crippen LogP contribution in [0.3, 0.4) is 0 Å². The lowest BCUT2D eigenvalue weighted by Gasteiger charge is -2.34. The summed E-state index contributed by atoms with van der Waals surface area (Å²) >= 11 is 0. The van der Waals surface area contributed by atoms with Crippen LogP contribution in [0.15, 0.2) is 48.5 Å². The highest BCUT2D eigenvalue weighted by atomic mass is 16.5. The molecule has 8 heteroatoms. The number of amides is 2. The second-order valence-corrected chi connectivity index (χ2v) is 9.10. The van der Waals surface area contributed by atoms with Crippen LogP contribution in [0.5, 0.6) is 0 Å². The van der Waals surface area contributed by atoms with Gasteiger partial charge in [-0.3, -0.25) is 4.79 Å². The summed E-state index contributed by atoms with van der Waals surface area (Å²) in [4.78, 5) is 38.6. The van der Waals surface area contributed by atoms with Crippen LogP contribution in [-0.4, -0.2) is 66.4 Å². The van der Waals surface area contributed by atoms with Gasteiger partial charge in [-0.2, -0.15) is 0 Å². The van der Waals surface area contributed by atoms with Crippen molar-refractivity contribution in [3.05, 3.63) is 59.7 Å². The zero-order valence-corrected chi connectivity index (χ0v) is 18.8. The predicted molar refractivity (Wildman–Crippen MR) is 123 cm³/mol. The standard InChI is InChI=1S/C26H28N2O6/c29-24(28-12-13-33-23(14-28)25(30)31)20-10-5-11-22(20)27-26(32)34-15-21-18-8-3-1-6-16(18)17-7-2-4-9-19(17)21/h1-4,6-9,20-23H,5,10-15H2,(H,27,32)(H,30,31)/t20-,22+,23?/m1/s1. The lowest BCUT2D eigenvalue weighted by atomic mass is 9.98. The first-order valence-corrected chi connectivity index (χ1v) is 11.8. The molecule has 8 nitrogen and oxygen atoms in total. The maximum Gasteiger partial charge on any atom is 0.407 e. The number of morpholine rings is 1. The Hall–Kier alpha value is -3.39. The van der Waals surface area contributed by atoms with Gasteiger partial charge in [0.2, 0.25) is 5.91 Å². The maximum atomic E-state index is 13.1. The molecule has 3 atom stereocenters. The van der Waals surface area contributed by atoms with Crippen molar-refractivity contribution in [1.29, 1.82) is 0 Å². The number of ether oxygens (including phenoxy) is 2. The van der Waals surface area contributed by atoms with E-state index < -0.39 is 18.2 Å². The Balaban J connectivity index is 1.20. The zero-order chi connectivity index (χ0) is 23.7. The molecule has 0 aromatic heterocycles. The Morgan fingerprint density at radius 3 is 2.38 bits per heavy atom. The summed E-state index contributed by atoms with van der Waals surface area (Å²) in [6, 6.07) is 16.0. The predicted octanol–water partition coefficient (Wildman–Crippen LogP) is 3.01. The number of aliphatic carboxylic acids is 1. The molecule has 2 aliphatic carbocycles. The number of rotatable bonds is 5. The number of carboxylic acid groups (broad SMARTS) is 1. The molecule has 0 bridgehead atoms. The van der Waals surface area contributed by atoms with E-state index >= 15 is 0 Å². The summed E-state index contributed by atoms with van der Waals surface area (Å²) in [6.07, 6.45) is 0.622. The third-order valence-electron chi connectivity index (χ3n) is 7.13. The van der Waals surface area contributed by atoms with Crippen molar-refractivity contribution in [2.75, 3.05) is 26.3 Å². The van der Waals surface area contributed by atoms with E-state index in [1.165, 1.54) is 11.1 Å². The quantitative estimate of drug-likeness (QED) is 0.705. The normalized spacial score (nSPS) is 23.8. The van der Waals surface area contributed by atoms with Crippen LogP contribution >= 0.6 is 0 Å². The van der Waals surface area contributed by atoms with Crippen LogP contribution in [0.25, 0.3) is 11.1 Å². The van der Waals surface area contributed by atoms with Crippen molar-refractivity contribution >= 4 is 18.0 Å². The Bertz CT molecular complexity index is 1060. The molecule has 2 aromatic carbocycles. The number of nitrogens with one attached hydrogen (secondary N) is 1. The number of fused-ring (bicyclic) bond motifs is 3. The average Bonchev–Trinajstić information content (AvgIpc) is 3.44. The Morgan fingerprint density at radius 2 is 1.71 bits per heavy atom. The molecule has 1 aliphatic heterocycles. The molecule has 1 saturated heterocycles. The molecule has 2 fully saturated rings. The van der Waals surface area contributed by atoms with Gasteiger partial charge in [0.25, 0.3) is 0 Å². The molecule has 2 N–H and O–H groups in total. The first kappa shape index (κ1) is 22.4. The molecular weight excluding hydrogens is 436 g/mol. The minimum absolute atomic E-state index is 0.0274. The van der Waals surface area contributed by atoms with Crippen LogP contribution in [0.4, 0.5) is 4.79 Å². The second kappa shape index (κ2) is 9.46. The van der Waals surface area contributed by atoms with Crippen molar-refractivity contribution in [2.45, 2.75) is 37.3 Å². The van der Waals surface area contributed by atoms with Gasteiger partial charge in [0, 0.05) is 18.5 Å². The molecule has 1 saturated carbocycles. The first-order valence-electron chi connectivity index (χ1n) is 11.8. The average molecular weight is 465 g/mol. The van der Waals surface area contributed by atoms with E-state index in [4.69, 9.17) is 9.47 Å². The summed E-state index contributed by atoms with van der Waals surface area (Å²) in [6.45, 7) is 0.800. The number of nitrogens with zero attached hydrogens (tertiary/aromatic N) is 1. The van der Waals surface area contributed by atoms with Gasteiger partial charge in [0.1, 0.15) is 6.61 Å². The van der Waals surface area contributed by atoms with E-state index in [9.17, 15) is 19.5 Å². The van der Waals surface area contributed by atoms with Crippen LogP contribution in [-0.2, 0) is 19.1 Å². The van der Waals surface area contributed by atoms with Crippen molar-refractivity contribution < 1.29 is 29.0 Å². The number of alkyl carbamates (subject to hydrolysis) is 1. The second-order valence-electron chi connectivity index (χ2n) is 9.10. The van der Waals surface area contributed by atoms with Crippen molar-refractivity contribution in [3.63, 3.8) is 0 Å². The van der Waals surface area contributed by atoms with E-state index in [-0.39, 0.29) is 43.5 Å². The minimum Gasteiger partial charge on any atom is -0.479 e. The zero-order valence-electron chi connectivity index (χ0n) is 18.8. The van der Waals surface area contributed by atoms with Gasteiger partial charge in [-0.25, -0.2) is 9.59 Å². The molecule has 1 unspecified atom stereocenters. The highest BCUT2D eigenvalue weighted by Gasteiger charge is 2.39. The number of hydrogen-bond acceptors (Lipinski definition) is 5. The van der Waals surface area contributed by atoms with Gasteiger partial charge in [-0.05, 0) is 35.1 Å². The highest BCUT2D eigenvalue weighted by molar-refractivity contribution is 5.82. The highest BCUT2D eigenvalue weighted by Crippen LogP contribution is 2.44. The van der Waals surface area contributed by atoms with Gasteiger partial charge >= 0.3 is 12.1 Å². The summed E-state index contributed by atoms with van der Waals surface area (Å²) in [5.74, 6) is -1.61. The number of carbonyl (C=O) groups is 3. The van der Waals surface area contributed by atoms with Crippen molar-refractivity contribution in [3.8, 4) is 11.1 Å². The van der Waals surface area contributed by atoms with E-state index in [2.05, 4.69) is 29.6 Å². The largest absolute Gasteiger partial charge is 0.479 e. The molecule has 5 rings (SSSR count). The van der Waals surface area contributed by atoms with E-state index in [1.54, 1.807) is 4.90 Å². The molecular formula is C26H28N2O6. The third-order valence-corrected chi connectivity index (χ3v) is 7.13. The van der Waals surface area contributed by atoms with E-state index in [1.807, 2.05) is 24.3 Å². The number of hydrogen-bond donors (Lipinski definition) is 2. The summed E-state index contributed by atoms with van der Waals surface area (Å²) in [5, 5.41) is 12.1. The van der Waals surface area contributed by atoms with Crippen molar-refractivity contribution in [1.82, 2.24) is 10.2 Å². The molecule has 3 aliphatic rings. The Labute approximate surface area is 197 Å². The van der Waals surface area contributed by atoms with Crippen molar-refractivity contribution in [2.24, 2.45) is 5.92 Å².